The van der Waals surface area contributed by atoms with Crippen molar-refractivity contribution in [1.82, 2.24) is 15.0 Å². The first-order valence-corrected chi connectivity index (χ1v) is 10.6. The molecule has 1 aliphatic rings. The number of aromatic nitrogens is 3. The Morgan fingerprint density at radius 3 is 1.88 bits per heavy atom. The van der Waals surface area contributed by atoms with Crippen LogP contribution < -0.4 is 0 Å². The molecule has 1 aromatic heterocycles. The summed E-state index contributed by atoms with van der Waals surface area (Å²) >= 11 is 0. The maximum absolute atomic E-state index is 12.7. The Morgan fingerprint density at radius 1 is 0.719 bits per heavy atom. The Morgan fingerprint density at radius 2 is 1.25 bits per heavy atom. The van der Waals surface area contributed by atoms with Crippen molar-refractivity contribution in [3.63, 3.8) is 0 Å². The highest BCUT2D eigenvalue weighted by Crippen LogP contribution is 2.65. The van der Waals surface area contributed by atoms with Crippen LogP contribution in [0.5, 0.6) is 0 Å². The van der Waals surface area contributed by atoms with Gasteiger partial charge in [0.15, 0.2) is 5.60 Å². The average Bonchev–Trinajstić information content (AvgIpc) is 3.49. The van der Waals surface area contributed by atoms with Crippen LogP contribution in [0.25, 0.3) is 11.0 Å². The van der Waals surface area contributed by atoms with E-state index in [-0.39, 0.29) is 0 Å². The minimum atomic E-state index is -1.52. The Balaban J connectivity index is 1.67. The molecule has 1 saturated heterocycles. The van der Waals surface area contributed by atoms with Gasteiger partial charge in [-0.25, -0.2) is 4.68 Å². The summed E-state index contributed by atoms with van der Waals surface area (Å²) < 4.78 is 8.28. The van der Waals surface area contributed by atoms with Gasteiger partial charge >= 0.3 is 0 Å². The van der Waals surface area contributed by atoms with Crippen LogP contribution in [0.15, 0.2) is 115 Å². The van der Waals surface area contributed by atoms with E-state index in [1.807, 2.05) is 115 Å². The predicted octanol–water partition coefficient (Wildman–Crippen LogP) is 4.79. The molecule has 0 saturated carbocycles. The lowest BCUT2D eigenvalue weighted by atomic mass is 9.77. The van der Waals surface area contributed by atoms with Gasteiger partial charge in [-0.15, -0.1) is 5.10 Å². The fraction of sp³-hybridized carbons (Fsp3) is 0.111. The summed E-state index contributed by atoms with van der Waals surface area (Å²) in [5, 5.41) is 21.6. The number of benzene rings is 4. The maximum Gasteiger partial charge on any atom is 0.231 e. The van der Waals surface area contributed by atoms with Crippen LogP contribution in [0.4, 0.5) is 0 Å². The zero-order chi connectivity index (χ0) is 21.6. The number of hydrogen-bond donors (Lipinski definition) is 1. The van der Waals surface area contributed by atoms with E-state index < -0.39 is 17.4 Å². The molecule has 2 atom stereocenters. The fourth-order valence-corrected chi connectivity index (χ4v) is 4.71. The van der Waals surface area contributed by atoms with Crippen molar-refractivity contribution in [1.29, 1.82) is 0 Å². The van der Waals surface area contributed by atoms with E-state index in [9.17, 15) is 5.11 Å². The Kier molecular flexibility index (Phi) is 4.21. The summed E-state index contributed by atoms with van der Waals surface area (Å²) in [6, 6.07) is 37.0. The zero-order valence-corrected chi connectivity index (χ0v) is 17.2. The molecule has 5 heteroatoms. The topological polar surface area (TPSA) is 63.5 Å². The monoisotopic (exact) mass is 419 g/mol. The predicted molar refractivity (Wildman–Crippen MR) is 122 cm³/mol. The van der Waals surface area contributed by atoms with E-state index in [1.165, 1.54) is 0 Å². The minimum Gasteiger partial charge on any atom is -0.375 e. The summed E-state index contributed by atoms with van der Waals surface area (Å²) in [5.41, 5.74) is 1.24. The number of epoxide rings is 1. The Hall–Kier alpha value is -3.80. The molecule has 0 radical (unpaired) electrons. The van der Waals surface area contributed by atoms with E-state index in [4.69, 9.17) is 4.74 Å². The number of ether oxygens (including phenoxy) is 1. The zero-order valence-electron chi connectivity index (χ0n) is 17.2. The quantitative estimate of drug-likeness (QED) is 0.416. The van der Waals surface area contributed by atoms with Crippen LogP contribution in [0.3, 0.4) is 0 Å². The van der Waals surface area contributed by atoms with E-state index in [0.717, 1.165) is 27.7 Å². The molecule has 4 aromatic carbocycles. The van der Waals surface area contributed by atoms with Crippen molar-refractivity contribution in [3.05, 3.63) is 132 Å². The number of rotatable bonds is 5. The molecule has 1 fully saturated rings. The Bertz CT molecular complexity index is 1330. The third kappa shape index (κ3) is 2.59. The van der Waals surface area contributed by atoms with Gasteiger partial charge in [0.25, 0.3) is 0 Å². The second kappa shape index (κ2) is 7.12. The number of hydrogen-bond acceptors (Lipinski definition) is 4. The Labute approximate surface area is 185 Å². The van der Waals surface area contributed by atoms with Gasteiger partial charge in [-0.1, -0.05) is 108 Å². The summed E-state index contributed by atoms with van der Waals surface area (Å²) in [6.45, 7) is 0. The molecule has 2 heterocycles. The fourth-order valence-electron chi connectivity index (χ4n) is 4.71. The lowest BCUT2D eigenvalue weighted by Crippen LogP contribution is -2.47. The lowest BCUT2D eigenvalue weighted by molar-refractivity contribution is -0.0526. The molecule has 0 aliphatic carbocycles. The van der Waals surface area contributed by atoms with Crippen LogP contribution in [-0.2, 0) is 16.1 Å². The maximum atomic E-state index is 12.7. The molecule has 0 amide bonds. The molecule has 2 unspecified atom stereocenters. The third-order valence-electron chi connectivity index (χ3n) is 6.27. The van der Waals surface area contributed by atoms with Crippen molar-refractivity contribution >= 4 is 11.0 Å². The molecular weight excluding hydrogens is 398 g/mol. The normalized spacial score (nSPS) is 20.3. The molecule has 5 aromatic rings. The van der Waals surface area contributed by atoms with Gasteiger partial charge in [-0.2, -0.15) is 0 Å². The van der Waals surface area contributed by atoms with Crippen LogP contribution in [0.1, 0.15) is 22.8 Å². The largest absolute Gasteiger partial charge is 0.375 e. The summed E-state index contributed by atoms with van der Waals surface area (Å²) in [5.74, 6) is 0. The average molecular weight is 419 g/mol. The van der Waals surface area contributed by atoms with E-state index in [2.05, 4.69) is 10.3 Å². The lowest BCUT2D eigenvalue weighted by Gasteiger charge is -2.36. The minimum absolute atomic E-state index is 0.417. The number of para-hydroxylation sites is 1. The standard InChI is InChI=1S/C27H21N3O2/c31-26(21-14-6-2-7-15-21,22-16-8-3-9-17-22)27(25(32-27)20-12-4-1-5-13-20)30-24-19-11-10-18-23(24)28-29-30/h1-19,25,31H. The van der Waals surface area contributed by atoms with E-state index in [0.29, 0.717) is 0 Å². The first-order chi connectivity index (χ1) is 15.7. The van der Waals surface area contributed by atoms with Crippen LogP contribution in [-0.4, -0.2) is 20.1 Å². The summed E-state index contributed by atoms with van der Waals surface area (Å²) in [7, 11) is 0. The highest BCUT2D eigenvalue weighted by molar-refractivity contribution is 5.74. The molecule has 32 heavy (non-hydrogen) atoms. The second-order valence-corrected chi connectivity index (χ2v) is 8.04. The summed E-state index contributed by atoms with van der Waals surface area (Å²) in [4.78, 5) is 0. The van der Waals surface area contributed by atoms with Crippen molar-refractivity contribution < 1.29 is 9.84 Å². The highest BCUT2D eigenvalue weighted by atomic mass is 16.6. The summed E-state index contributed by atoms with van der Waals surface area (Å²) in [6.07, 6.45) is -0.417. The number of fused-ring (bicyclic) bond motifs is 1. The van der Waals surface area contributed by atoms with Gasteiger partial charge in [0.1, 0.15) is 11.6 Å². The first-order valence-electron chi connectivity index (χ1n) is 10.6. The molecule has 0 spiro atoms. The van der Waals surface area contributed by atoms with Crippen molar-refractivity contribution in [2.75, 3.05) is 0 Å². The van der Waals surface area contributed by atoms with E-state index in [1.54, 1.807) is 4.68 Å². The van der Waals surface area contributed by atoms with Gasteiger partial charge in [-0.05, 0) is 28.8 Å². The molecule has 156 valence electrons. The number of nitrogens with zero attached hydrogens (tertiary/aromatic N) is 3. The molecule has 6 rings (SSSR count). The van der Waals surface area contributed by atoms with Crippen molar-refractivity contribution in [2.45, 2.75) is 17.4 Å². The van der Waals surface area contributed by atoms with Gasteiger partial charge < -0.3 is 9.84 Å². The number of aliphatic hydroxyl groups is 1. The SMILES string of the molecule is OC(c1ccccc1)(c1ccccc1)C1(n2nnc3ccccc32)OC1c1ccccc1. The molecular formula is C27H21N3O2. The van der Waals surface area contributed by atoms with Gasteiger partial charge in [-0.3, -0.25) is 0 Å². The van der Waals surface area contributed by atoms with Crippen LogP contribution >= 0.6 is 0 Å². The highest BCUT2D eigenvalue weighted by Gasteiger charge is 2.73. The van der Waals surface area contributed by atoms with Crippen LogP contribution in [0.2, 0.25) is 0 Å². The van der Waals surface area contributed by atoms with Gasteiger partial charge in [0.2, 0.25) is 5.72 Å². The third-order valence-corrected chi connectivity index (χ3v) is 6.27. The first kappa shape index (κ1) is 18.9. The van der Waals surface area contributed by atoms with E-state index >= 15 is 0 Å². The smallest absolute Gasteiger partial charge is 0.231 e. The van der Waals surface area contributed by atoms with Crippen molar-refractivity contribution in [2.24, 2.45) is 0 Å². The van der Waals surface area contributed by atoms with Gasteiger partial charge in [0.05, 0.1) is 5.52 Å². The molecule has 5 nitrogen and oxygen atoms in total. The van der Waals surface area contributed by atoms with Crippen LogP contribution in [0, 0.1) is 0 Å². The molecule has 1 aliphatic heterocycles. The van der Waals surface area contributed by atoms with Gasteiger partial charge in [0, 0.05) is 0 Å². The molecule has 0 bridgehead atoms. The molecule has 1 N–H and O–H groups in total. The second-order valence-electron chi connectivity index (χ2n) is 8.04. The van der Waals surface area contributed by atoms with Crippen molar-refractivity contribution in [3.8, 4) is 0 Å².